The first-order valence-corrected chi connectivity index (χ1v) is 8.25. The molecule has 0 aliphatic heterocycles. The van der Waals surface area contributed by atoms with Crippen LogP contribution in [0.25, 0.3) is 0 Å². The van der Waals surface area contributed by atoms with Crippen molar-refractivity contribution in [1.82, 2.24) is 5.43 Å². The molecule has 0 aromatic heterocycles. The summed E-state index contributed by atoms with van der Waals surface area (Å²) in [6.45, 7) is 1.87. The van der Waals surface area contributed by atoms with Gasteiger partial charge in [-0.25, -0.2) is 5.43 Å². The van der Waals surface area contributed by atoms with Crippen molar-refractivity contribution in [3.05, 3.63) is 52.0 Å². The second-order valence-corrected chi connectivity index (χ2v) is 5.99. The van der Waals surface area contributed by atoms with E-state index in [-0.39, 0.29) is 12.5 Å². The first kappa shape index (κ1) is 18.8. The number of amides is 1. The fourth-order valence-electron chi connectivity index (χ4n) is 2.01. The van der Waals surface area contributed by atoms with Crippen LogP contribution in [0.2, 0.25) is 0 Å². The molecule has 25 heavy (non-hydrogen) atoms. The average Bonchev–Trinajstić information content (AvgIpc) is 2.60. The van der Waals surface area contributed by atoms with Gasteiger partial charge < -0.3 is 14.2 Å². The molecule has 0 atom stereocenters. The quantitative estimate of drug-likeness (QED) is 0.565. The smallest absolute Gasteiger partial charge is 0.277 e. The lowest BCUT2D eigenvalue weighted by molar-refractivity contribution is -0.123. The van der Waals surface area contributed by atoms with Crippen LogP contribution in [0.3, 0.4) is 0 Å². The summed E-state index contributed by atoms with van der Waals surface area (Å²) in [5.74, 6) is 1.44. The second kappa shape index (κ2) is 9.08. The van der Waals surface area contributed by atoms with Gasteiger partial charge in [0.05, 0.1) is 24.9 Å². The Morgan fingerprint density at radius 3 is 2.56 bits per heavy atom. The highest BCUT2D eigenvalue weighted by Crippen LogP contribution is 2.35. The van der Waals surface area contributed by atoms with Crippen molar-refractivity contribution in [3.8, 4) is 17.2 Å². The van der Waals surface area contributed by atoms with Crippen LogP contribution >= 0.6 is 15.9 Å². The van der Waals surface area contributed by atoms with Crippen LogP contribution in [0.4, 0.5) is 0 Å². The summed E-state index contributed by atoms with van der Waals surface area (Å²) in [6, 6.07) is 11.0. The first-order chi connectivity index (χ1) is 12.0. The molecule has 2 rings (SSSR count). The number of aryl methyl sites for hydroxylation is 1. The summed E-state index contributed by atoms with van der Waals surface area (Å²) < 4.78 is 16.6. The Kier molecular flexibility index (Phi) is 6.82. The number of carbonyl (C=O) groups is 1. The van der Waals surface area contributed by atoms with Gasteiger partial charge in [-0.05, 0) is 52.7 Å². The Morgan fingerprint density at radius 2 is 1.92 bits per heavy atom. The summed E-state index contributed by atoms with van der Waals surface area (Å²) >= 11 is 3.40. The zero-order chi connectivity index (χ0) is 18.2. The van der Waals surface area contributed by atoms with Crippen molar-refractivity contribution in [2.75, 3.05) is 20.8 Å². The molecule has 0 bridgehead atoms. The molecule has 0 saturated heterocycles. The molecule has 0 spiro atoms. The number of carbonyl (C=O) groups excluding carboxylic acids is 1. The standard InChI is InChI=1S/C18H19BrN2O4/c1-12-4-6-14(7-5-12)25-11-17(22)21-20-10-13-8-15(19)18(24-3)16(9-13)23-2/h4-10H,11H2,1-3H3,(H,21,22)/b20-10+. The Morgan fingerprint density at radius 1 is 1.20 bits per heavy atom. The second-order valence-electron chi connectivity index (χ2n) is 5.13. The number of halogens is 1. The van der Waals surface area contributed by atoms with Gasteiger partial charge in [0.2, 0.25) is 0 Å². The lowest BCUT2D eigenvalue weighted by Gasteiger charge is -2.10. The van der Waals surface area contributed by atoms with Crippen LogP contribution < -0.4 is 19.6 Å². The average molecular weight is 407 g/mol. The molecular formula is C18H19BrN2O4. The third-order valence-electron chi connectivity index (χ3n) is 3.25. The van der Waals surface area contributed by atoms with E-state index in [2.05, 4.69) is 26.5 Å². The monoisotopic (exact) mass is 406 g/mol. The fraction of sp³-hybridized carbons (Fsp3) is 0.222. The number of nitrogens with zero attached hydrogens (tertiary/aromatic N) is 1. The number of hydrogen-bond donors (Lipinski definition) is 1. The van der Waals surface area contributed by atoms with Crippen molar-refractivity contribution in [2.24, 2.45) is 5.10 Å². The molecule has 7 heteroatoms. The molecule has 0 heterocycles. The van der Waals surface area contributed by atoms with Crippen molar-refractivity contribution < 1.29 is 19.0 Å². The van der Waals surface area contributed by atoms with Gasteiger partial charge in [0.15, 0.2) is 18.1 Å². The van der Waals surface area contributed by atoms with Crippen LogP contribution in [0.15, 0.2) is 46.0 Å². The van der Waals surface area contributed by atoms with E-state index in [0.717, 1.165) is 15.6 Å². The van der Waals surface area contributed by atoms with Gasteiger partial charge >= 0.3 is 0 Å². The summed E-state index contributed by atoms with van der Waals surface area (Å²) in [6.07, 6.45) is 1.51. The van der Waals surface area contributed by atoms with Crippen LogP contribution in [0.5, 0.6) is 17.2 Å². The maximum Gasteiger partial charge on any atom is 0.277 e. The number of benzene rings is 2. The van der Waals surface area contributed by atoms with Crippen molar-refractivity contribution in [1.29, 1.82) is 0 Å². The Labute approximate surface area is 154 Å². The van der Waals surface area contributed by atoms with Gasteiger partial charge in [0, 0.05) is 0 Å². The van der Waals surface area contributed by atoms with Gasteiger partial charge in [0.1, 0.15) is 5.75 Å². The number of rotatable bonds is 7. The predicted molar refractivity (Wildman–Crippen MR) is 99.7 cm³/mol. The van der Waals surface area contributed by atoms with Gasteiger partial charge in [-0.3, -0.25) is 4.79 Å². The molecule has 1 amide bonds. The highest BCUT2D eigenvalue weighted by molar-refractivity contribution is 9.10. The zero-order valence-electron chi connectivity index (χ0n) is 14.2. The van der Waals surface area contributed by atoms with Gasteiger partial charge in [-0.2, -0.15) is 5.10 Å². The van der Waals surface area contributed by atoms with E-state index in [1.165, 1.54) is 6.21 Å². The SMILES string of the molecule is COc1cc(/C=N/NC(=O)COc2ccc(C)cc2)cc(Br)c1OC. The number of methoxy groups -OCH3 is 2. The third kappa shape index (κ3) is 5.49. The van der Waals surface area contributed by atoms with E-state index in [1.54, 1.807) is 26.4 Å². The minimum absolute atomic E-state index is 0.115. The van der Waals surface area contributed by atoms with E-state index in [9.17, 15) is 4.79 Å². The van der Waals surface area contributed by atoms with E-state index >= 15 is 0 Å². The van der Waals surface area contributed by atoms with Crippen molar-refractivity contribution in [2.45, 2.75) is 6.92 Å². The van der Waals surface area contributed by atoms with E-state index in [0.29, 0.717) is 17.2 Å². The number of ether oxygens (including phenoxy) is 3. The minimum atomic E-state index is -0.351. The van der Waals surface area contributed by atoms with E-state index in [1.807, 2.05) is 31.2 Å². The van der Waals surface area contributed by atoms with Crippen LogP contribution in [-0.2, 0) is 4.79 Å². The molecule has 2 aromatic rings. The lowest BCUT2D eigenvalue weighted by atomic mass is 10.2. The number of nitrogens with one attached hydrogen (secondary N) is 1. The molecular weight excluding hydrogens is 388 g/mol. The molecule has 1 N–H and O–H groups in total. The molecule has 0 fully saturated rings. The fourth-order valence-corrected chi connectivity index (χ4v) is 2.63. The Hall–Kier alpha value is -2.54. The molecule has 0 radical (unpaired) electrons. The zero-order valence-corrected chi connectivity index (χ0v) is 15.8. The number of hydrazone groups is 1. The van der Waals surface area contributed by atoms with Crippen molar-refractivity contribution >= 4 is 28.1 Å². The highest BCUT2D eigenvalue weighted by atomic mass is 79.9. The first-order valence-electron chi connectivity index (χ1n) is 7.46. The summed E-state index contributed by atoms with van der Waals surface area (Å²) in [5.41, 5.74) is 4.28. The maximum atomic E-state index is 11.8. The van der Waals surface area contributed by atoms with E-state index < -0.39 is 0 Å². The van der Waals surface area contributed by atoms with Gasteiger partial charge in [-0.15, -0.1) is 0 Å². The molecule has 0 aliphatic carbocycles. The molecule has 0 aliphatic rings. The maximum absolute atomic E-state index is 11.8. The molecule has 6 nitrogen and oxygen atoms in total. The largest absolute Gasteiger partial charge is 0.493 e. The Balaban J connectivity index is 1.90. The van der Waals surface area contributed by atoms with Crippen molar-refractivity contribution in [3.63, 3.8) is 0 Å². The summed E-state index contributed by atoms with van der Waals surface area (Å²) in [4.78, 5) is 11.8. The predicted octanol–water partition coefficient (Wildman–Crippen LogP) is 3.30. The molecule has 0 unspecified atom stereocenters. The van der Waals surface area contributed by atoms with Crippen LogP contribution in [0, 0.1) is 6.92 Å². The molecule has 2 aromatic carbocycles. The Bertz CT molecular complexity index is 760. The summed E-state index contributed by atoms with van der Waals surface area (Å²) in [7, 11) is 3.11. The molecule has 132 valence electrons. The van der Waals surface area contributed by atoms with Gasteiger partial charge in [-0.1, -0.05) is 17.7 Å². The highest BCUT2D eigenvalue weighted by Gasteiger charge is 2.09. The third-order valence-corrected chi connectivity index (χ3v) is 3.84. The lowest BCUT2D eigenvalue weighted by Crippen LogP contribution is -2.24. The summed E-state index contributed by atoms with van der Waals surface area (Å²) in [5, 5.41) is 3.92. The van der Waals surface area contributed by atoms with Crippen LogP contribution in [-0.4, -0.2) is 32.9 Å². The molecule has 0 saturated carbocycles. The minimum Gasteiger partial charge on any atom is -0.493 e. The van der Waals surface area contributed by atoms with E-state index in [4.69, 9.17) is 14.2 Å². The van der Waals surface area contributed by atoms with Crippen LogP contribution in [0.1, 0.15) is 11.1 Å². The van der Waals surface area contributed by atoms with Gasteiger partial charge in [0.25, 0.3) is 5.91 Å². The normalized spacial score (nSPS) is 10.6. The number of hydrogen-bond acceptors (Lipinski definition) is 5. The topological polar surface area (TPSA) is 69.2 Å².